The number of benzene rings is 3. The van der Waals surface area contributed by atoms with E-state index in [0.717, 1.165) is 21.8 Å². The van der Waals surface area contributed by atoms with E-state index in [1.165, 1.54) is 4.90 Å². The predicted octanol–water partition coefficient (Wildman–Crippen LogP) is 7.87. The lowest BCUT2D eigenvalue weighted by molar-refractivity contribution is -0.122. The molecule has 2 amide bonds. The first-order valence-corrected chi connectivity index (χ1v) is 14.8. The molecule has 0 aliphatic carbocycles. The number of ether oxygens (including phenoxy) is 1. The minimum Gasteiger partial charge on any atom is -0.483 e. The number of amidine groups is 1. The monoisotopic (exact) mass is 682 g/mol. The first-order chi connectivity index (χ1) is 20.3. The van der Waals surface area contributed by atoms with Crippen molar-refractivity contribution >= 4 is 85.9 Å². The number of rotatable bonds is 9. The molecule has 0 radical (unpaired) electrons. The van der Waals surface area contributed by atoms with Gasteiger partial charge in [-0.25, -0.2) is 0 Å². The van der Waals surface area contributed by atoms with Crippen molar-refractivity contribution in [1.29, 1.82) is 0 Å². The number of amides is 2. The van der Waals surface area contributed by atoms with Gasteiger partial charge in [-0.2, -0.15) is 5.10 Å². The minimum atomic E-state index is -0.362. The normalized spacial score (nSPS) is 15.2. The van der Waals surface area contributed by atoms with Crippen LogP contribution in [0.1, 0.15) is 16.9 Å². The van der Waals surface area contributed by atoms with E-state index < -0.39 is 0 Å². The minimum absolute atomic E-state index is 0.172. The van der Waals surface area contributed by atoms with Crippen LogP contribution in [0.2, 0.25) is 10.0 Å². The van der Waals surface area contributed by atoms with Gasteiger partial charge in [-0.05, 0) is 90.1 Å². The number of halogens is 3. The molecule has 1 saturated heterocycles. The first kappa shape index (κ1) is 29.7. The van der Waals surface area contributed by atoms with Gasteiger partial charge in [0.05, 0.1) is 23.9 Å². The summed E-state index contributed by atoms with van der Waals surface area (Å²) in [7, 11) is 0. The summed E-state index contributed by atoms with van der Waals surface area (Å²) in [5.74, 6) is 0.313. The highest BCUT2D eigenvalue weighted by molar-refractivity contribution is 9.10. The summed E-state index contributed by atoms with van der Waals surface area (Å²) in [5, 5.41) is 12.7. The lowest BCUT2D eigenvalue weighted by Gasteiger charge is -2.13. The Morgan fingerprint density at radius 1 is 1.05 bits per heavy atom. The summed E-state index contributed by atoms with van der Waals surface area (Å²) >= 11 is 16.8. The number of furan rings is 1. The van der Waals surface area contributed by atoms with E-state index >= 15 is 0 Å². The zero-order valence-electron chi connectivity index (χ0n) is 21.7. The van der Waals surface area contributed by atoms with Crippen molar-refractivity contribution in [1.82, 2.24) is 4.90 Å². The predicted molar refractivity (Wildman–Crippen MR) is 171 cm³/mol. The molecule has 5 rings (SSSR count). The highest BCUT2D eigenvalue weighted by atomic mass is 79.9. The van der Waals surface area contributed by atoms with Gasteiger partial charge in [0, 0.05) is 25.8 Å². The molecule has 42 heavy (non-hydrogen) atoms. The fourth-order valence-corrected chi connectivity index (χ4v) is 5.44. The molecule has 8 nitrogen and oxygen atoms in total. The lowest BCUT2D eigenvalue weighted by Crippen LogP contribution is -2.28. The second kappa shape index (κ2) is 13.9. The van der Waals surface area contributed by atoms with Crippen molar-refractivity contribution in [2.24, 2.45) is 10.2 Å². The fraction of sp³-hybridized carbons (Fsp3) is 0.0667. The molecule has 1 aromatic heterocycles. The summed E-state index contributed by atoms with van der Waals surface area (Å²) in [6.45, 7) is -0.0889. The molecule has 12 heteroatoms. The molecule has 2 heterocycles. The molecule has 4 aromatic rings. The van der Waals surface area contributed by atoms with Crippen molar-refractivity contribution in [3.05, 3.63) is 121 Å². The van der Waals surface area contributed by atoms with E-state index in [1.54, 1.807) is 73.2 Å². The lowest BCUT2D eigenvalue weighted by atomic mass is 10.2. The molecule has 3 aromatic carbocycles. The average molecular weight is 684 g/mol. The highest BCUT2D eigenvalue weighted by Crippen LogP contribution is 2.36. The number of carbonyl (C=O) groups is 2. The summed E-state index contributed by atoms with van der Waals surface area (Å²) in [6.07, 6.45) is 4.80. The van der Waals surface area contributed by atoms with Crippen LogP contribution in [0.25, 0.3) is 6.08 Å². The van der Waals surface area contributed by atoms with Crippen LogP contribution in [0.5, 0.6) is 5.75 Å². The maximum atomic E-state index is 13.5. The Balaban J connectivity index is 1.36. The van der Waals surface area contributed by atoms with E-state index in [2.05, 4.69) is 31.4 Å². The van der Waals surface area contributed by atoms with Gasteiger partial charge in [0.15, 0.2) is 11.8 Å². The van der Waals surface area contributed by atoms with Gasteiger partial charge in [-0.15, -0.1) is 5.10 Å². The Kier molecular flexibility index (Phi) is 9.81. The summed E-state index contributed by atoms with van der Waals surface area (Å²) < 4.78 is 12.2. The van der Waals surface area contributed by atoms with Crippen LogP contribution in [-0.2, 0) is 16.1 Å². The molecule has 1 aliphatic heterocycles. The summed E-state index contributed by atoms with van der Waals surface area (Å²) in [6, 6.07) is 22.8. The molecule has 0 spiro atoms. The Bertz CT molecular complexity index is 1690. The Morgan fingerprint density at radius 3 is 2.62 bits per heavy atom. The number of anilines is 1. The van der Waals surface area contributed by atoms with Crippen LogP contribution >= 0.6 is 50.9 Å². The maximum absolute atomic E-state index is 13.5. The zero-order chi connectivity index (χ0) is 29.5. The van der Waals surface area contributed by atoms with Crippen LogP contribution in [0.15, 0.2) is 109 Å². The number of nitrogens with one attached hydrogen (secondary N) is 1. The Hall–Kier alpha value is -3.83. The smallest absolute Gasteiger partial charge is 0.267 e. The zero-order valence-corrected chi connectivity index (χ0v) is 25.6. The molecule has 1 fully saturated rings. The third kappa shape index (κ3) is 7.92. The maximum Gasteiger partial charge on any atom is 0.267 e. The van der Waals surface area contributed by atoms with Crippen molar-refractivity contribution in [2.45, 2.75) is 6.54 Å². The van der Waals surface area contributed by atoms with Crippen molar-refractivity contribution in [2.75, 3.05) is 11.9 Å². The van der Waals surface area contributed by atoms with E-state index in [0.29, 0.717) is 42.9 Å². The number of carbonyl (C=O) groups excluding carboxylic acids is 2. The largest absolute Gasteiger partial charge is 0.483 e. The second-order valence-corrected chi connectivity index (χ2v) is 11.6. The van der Waals surface area contributed by atoms with Crippen LogP contribution in [0.3, 0.4) is 0 Å². The number of thioether (sulfide) groups is 1. The molecule has 0 atom stereocenters. The fourth-order valence-electron chi connectivity index (χ4n) is 3.79. The number of hydrogen-bond donors (Lipinski definition) is 1. The highest BCUT2D eigenvalue weighted by Gasteiger charge is 2.34. The van der Waals surface area contributed by atoms with Crippen molar-refractivity contribution in [3.8, 4) is 5.75 Å². The van der Waals surface area contributed by atoms with Crippen molar-refractivity contribution < 1.29 is 18.7 Å². The Labute approximate surface area is 264 Å². The molecule has 212 valence electrons. The van der Waals surface area contributed by atoms with E-state index in [4.69, 9.17) is 32.4 Å². The third-order valence-corrected chi connectivity index (χ3v) is 7.70. The van der Waals surface area contributed by atoms with Crippen LogP contribution in [-0.4, -0.2) is 34.7 Å². The molecule has 0 bridgehead atoms. The average Bonchev–Trinajstić information content (AvgIpc) is 3.58. The molecular formula is C30H21BrCl2N4O4S. The van der Waals surface area contributed by atoms with Gasteiger partial charge in [-0.3, -0.25) is 14.5 Å². The molecular weight excluding hydrogens is 663 g/mol. The van der Waals surface area contributed by atoms with Crippen molar-refractivity contribution in [3.63, 3.8) is 0 Å². The van der Waals surface area contributed by atoms with Crippen LogP contribution in [0.4, 0.5) is 5.69 Å². The molecule has 1 aliphatic rings. The third-order valence-electron chi connectivity index (χ3n) is 5.73. The summed E-state index contributed by atoms with van der Waals surface area (Å²) in [5.41, 5.74) is 1.96. The quantitative estimate of drug-likeness (QED) is 0.110. The van der Waals surface area contributed by atoms with Gasteiger partial charge in [-0.1, -0.05) is 51.3 Å². The van der Waals surface area contributed by atoms with E-state index in [9.17, 15) is 9.59 Å². The topological polar surface area (TPSA) is 96.5 Å². The van der Waals surface area contributed by atoms with Gasteiger partial charge >= 0.3 is 0 Å². The summed E-state index contributed by atoms with van der Waals surface area (Å²) in [4.78, 5) is 27.9. The molecule has 1 N–H and O–H groups in total. The van der Waals surface area contributed by atoms with Crippen LogP contribution in [0, 0.1) is 0 Å². The number of hydrogen-bond acceptors (Lipinski definition) is 7. The molecule has 0 unspecified atom stereocenters. The van der Waals surface area contributed by atoms with E-state index in [1.807, 2.05) is 24.3 Å². The first-order valence-electron chi connectivity index (χ1n) is 12.4. The van der Waals surface area contributed by atoms with Gasteiger partial charge < -0.3 is 14.5 Å². The number of nitrogens with zero attached hydrogens (tertiary/aromatic N) is 3. The Morgan fingerprint density at radius 2 is 1.86 bits per heavy atom. The standard InChI is InChI=1S/C30H21BrCl2N4O4S/c31-21-4-1-3-19(13-21)16-34-36-30-37(17-25-5-2-12-40-25)29(39)27(42-30)15-20-14-23(33)8-11-26(20)41-18-28(38)35-24-9-6-22(32)7-10-24/h1-16H,17-18H2,(H,35,38)/b27-15-,34-16-,36-30+. The SMILES string of the molecule is O=C(COc1ccc(Cl)cc1/C=C1\S/C(=N/N=C\c2cccc(Br)c2)N(Cc2ccco2)C1=O)Nc1ccc(Cl)cc1. The van der Waals surface area contributed by atoms with Gasteiger partial charge in [0.1, 0.15) is 11.5 Å². The van der Waals surface area contributed by atoms with Gasteiger partial charge in [0.25, 0.3) is 11.8 Å². The molecule has 0 saturated carbocycles. The van der Waals surface area contributed by atoms with E-state index in [-0.39, 0.29) is 25.0 Å². The van der Waals surface area contributed by atoms with Gasteiger partial charge in [0.2, 0.25) is 0 Å². The second-order valence-electron chi connectivity index (χ2n) is 8.79. The van der Waals surface area contributed by atoms with Crippen LogP contribution < -0.4 is 10.1 Å².